The van der Waals surface area contributed by atoms with Crippen LogP contribution in [0.5, 0.6) is 0 Å². The molecule has 0 atom stereocenters. The Morgan fingerprint density at radius 2 is 2.04 bits per heavy atom. The quantitative estimate of drug-likeness (QED) is 0.249. The number of aliphatic imine (C=N–C) groups is 1. The number of aryl methyl sites for hydroxylation is 2. The number of hydrogen-bond acceptors (Lipinski definition) is 4. The number of nitro groups is 1. The first-order chi connectivity index (χ1) is 10.4. The molecule has 8 nitrogen and oxygen atoms in total. The third kappa shape index (κ3) is 5.85. The minimum absolute atomic E-state index is 0. The molecule has 1 heterocycles. The molecule has 0 radical (unpaired) electrons. The maximum absolute atomic E-state index is 10.5. The summed E-state index contributed by atoms with van der Waals surface area (Å²) in [5, 5.41) is 17.5. The molecule has 124 valence electrons. The number of benzene rings is 1. The number of nitrogens with zero attached hydrogens (tertiary/aromatic N) is 4. The van der Waals surface area contributed by atoms with Gasteiger partial charge in [0.15, 0.2) is 5.96 Å². The molecule has 0 fully saturated rings. The van der Waals surface area contributed by atoms with Crippen LogP contribution in [0.3, 0.4) is 0 Å². The molecule has 0 unspecified atom stereocenters. The minimum Gasteiger partial charge on any atom is -0.370 e. The standard InChI is InChI=1S/C14H18N6O2.HI/c1-10-5-11(2)7-12(6-10)18-14(15)16-3-4-19-9-13(8-17-19)20(21)22;/h5-9H,3-4H2,1-2H3,(H3,15,16,18);1H. The second kappa shape index (κ2) is 8.46. The topological polar surface area (TPSA) is 111 Å². The second-order valence-corrected chi connectivity index (χ2v) is 4.99. The van der Waals surface area contributed by atoms with Crippen molar-refractivity contribution in [1.29, 1.82) is 0 Å². The van der Waals surface area contributed by atoms with Gasteiger partial charge in [-0.05, 0) is 37.1 Å². The molecule has 1 aromatic carbocycles. The smallest absolute Gasteiger partial charge is 0.306 e. The first-order valence-corrected chi connectivity index (χ1v) is 6.76. The van der Waals surface area contributed by atoms with E-state index in [9.17, 15) is 10.1 Å². The second-order valence-electron chi connectivity index (χ2n) is 4.99. The lowest BCUT2D eigenvalue weighted by Gasteiger charge is -2.08. The van der Waals surface area contributed by atoms with Gasteiger partial charge in [-0.1, -0.05) is 6.07 Å². The number of anilines is 1. The summed E-state index contributed by atoms with van der Waals surface area (Å²) < 4.78 is 1.46. The van der Waals surface area contributed by atoms with Gasteiger partial charge in [0.1, 0.15) is 12.4 Å². The van der Waals surface area contributed by atoms with Crippen molar-refractivity contribution in [3.8, 4) is 0 Å². The van der Waals surface area contributed by atoms with Crippen molar-refractivity contribution in [2.24, 2.45) is 10.7 Å². The van der Waals surface area contributed by atoms with Gasteiger partial charge in [-0.15, -0.1) is 24.0 Å². The number of nitrogens with one attached hydrogen (secondary N) is 1. The molecule has 9 heteroatoms. The number of nitrogens with two attached hydrogens (primary N) is 1. The van der Waals surface area contributed by atoms with Gasteiger partial charge in [-0.2, -0.15) is 5.10 Å². The van der Waals surface area contributed by atoms with Crippen molar-refractivity contribution in [2.75, 3.05) is 11.9 Å². The van der Waals surface area contributed by atoms with Crippen LogP contribution in [0, 0.1) is 24.0 Å². The summed E-state index contributed by atoms with van der Waals surface area (Å²) in [6, 6.07) is 6.03. The Hall–Kier alpha value is -2.17. The fraction of sp³-hybridized carbons (Fsp3) is 0.286. The number of hydrogen-bond donors (Lipinski definition) is 2. The molecule has 0 aliphatic heterocycles. The third-order valence-electron chi connectivity index (χ3n) is 2.94. The van der Waals surface area contributed by atoms with Gasteiger partial charge in [0.05, 0.1) is 18.0 Å². The highest BCUT2D eigenvalue weighted by atomic mass is 127. The van der Waals surface area contributed by atoms with E-state index in [0.717, 1.165) is 16.8 Å². The van der Waals surface area contributed by atoms with Crippen LogP contribution in [0.15, 0.2) is 35.6 Å². The molecule has 3 N–H and O–H groups in total. The van der Waals surface area contributed by atoms with E-state index in [1.807, 2.05) is 26.0 Å². The van der Waals surface area contributed by atoms with Crippen LogP contribution >= 0.6 is 24.0 Å². The van der Waals surface area contributed by atoms with Crippen molar-refractivity contribution in [2.45, 2.75) is 20.4 Å². The lowest BCUT2D eigenvalue weighted by molar-refractivity contribution is -0.385. The first kappa shape index (κ1) is 18.9. The third-order valence-corrected chi connectivity index (χ3v) is 2.94. The fourth-order valence-corrected chi connectivity index (χ4v) is 2.08. The molecule has 2 aromatic rings. The summed E-state index contributed by atoms with van der Waals surface area (Å²) >= 11 is 0. The zero-order chi connectivity index (χ0) is 16.1. The molecule has 23 heavy (non-hydrogen) atoms. The predicted octanol–water partition coefficient (Wildman–Crippen LogP) is 2.45. The molecule has 0 spiro atoms. The van der Waals surface area contributed by atoms with E-state index in [0.29, 0.717) is 19.0 Å². The van der Waals surface area contributed by atoms with Crippen molar-refractivity contribution in [1.82, 2.24) is 9.78 Å². The Labute approximate surface area is 151 Å². The molecule has 0 bridgehead atoms. The van der Waals surface area contributed by atoms with Crippen molar-refractivity contribution in [3.63, 3.8) is 0 Å². The Kier molecular flexibility index (Phi) is 6.94. The zero-order valence-electron chi connectivity index (χ0n) is 12.9. The van der Waals surface area contributed by atoms with Crippen LogP contribution < -0.4 is 11.1 Å². The van der Waals surface area contributed by atoms with E-state index in [-0.39, 0.29) is 29.7 Å². The van der Waals surface area contributed by atoms with E-state index < -0.39 is 4.92 Å². The highest BCUT2D eigenvalue weighted by Crippen LogP contribution is 2.13. The van der Waals surface area contributed by atoms with Gasteiger partial charge in [-0.3, -0.25) is 19.8 Å². The Balaban J connectivity index is 0.00000264. The van der Waals surface area contributed by atoms with Gasteiger partial charge in [0.25, 0.3) is 0 Å². The van der Waals surface area contributed by atoms with Crippen molar-refractivity contribution < 1.29 is 4.92 Å². The van der Waals surface area contributed by atoms with Gasteiger partial charge in [0.2, 0.25) is 0 Å². The molecule has 0 saturated carbocycles. The van der Waals surface area contributed by atoms with Crippen LogP contribution in [-0.2, 0) is 6.54 Å². The minimum atomic E-state index is -0.483. The van der Waals surface area contributed by atoms with Crippen molar-refractivity contribution in [3.05, 3.63) is 51.8 Å². The predicted molar refractivity (Wildman–Crippen MR) is 100 cm³/mol. The van der Waals surface area contributed by atoms with E-state index in [1.54, 1.807) is 0 Å². The van der Waals surface area contributed by atoms with E-state index in [2.05, 4.69) is 21.5 Å². The van der Waals surface area contributed by atoms with Gasteiger partial charge in [0, 0.05) is 5.69 Å². The Morgan fingerprint density at radius 3 is 2.61 bits per heavy atom. The lowest BCUT2D eigenvalue weighted by atomic mass is 10.1. The number of rotatable bonds is 5. The number of halogens is 1. The summed E-state index contributed by atoms with van der Waals surface area (Å²) in [5.41, 5.74) is 8.95. The maximum atomic E-state index is 10.5. The molecule has 0 aliphatic rings. The molecule has 1 aromatic heterocycles. The number of aromatic nitrogens is 2. The van der Waals surface area contributed by atoms with Crippen LogP contribution in [0.1, 0.15) is 11.1 Å². The van der Waals surface area contributed by atoms with Crippen LogP contribution in [-0.4, -0.2) is 27.2 Å². The van der Waals surface area contributed by atoms with Gasteiger partial charge in [-0.25, -0.2) is 0 Å². The fourth-order valence-electron chi connectivity index (χ4n) is 2.08. The molecule has 2 rings (SSSR count). The summed E-state index contributed by atoms with van der Waals surface area (Å²) in [7, 11) is 0. The Morgan fingerprint density at radius 1 is 1.39 bits per heavy atom. The van der Waals surface area contributed by atoms with E-state index >= 15 is 0 Å². The summed E-state index contributed by atoms with van der Waals surface area (Å²) in [4.78, 5) is 14.2. The largest absolute Gasteiger partial charge is 0.370 e. The molecule has 0 saturated heterocycles. The van der Waals surface area contributed by atoms with Crippen LogP contribution in [0.25, 0.3) is 0 Å². The monoisotopic (exact) mass is 430 g/mol. The highest BCUT2D eigenvalue weighted by molar-refractivity contribution is 14.0. The van der Waals surface area contributed by atoms with Crippen molar-refractivity contribution >= 4 is 41.3 Å². The van der Waals surface area contributed by atoms with Crippen LogP contribution in [0.2, 0.25) is 0 Å². The van der Waals surface area contributed by atoms with Gasteiger partial charge >= 0.3 is 5.69 Å². The number of guanidine groups is 1. The Bertz CT molecular complexity index is 693. The van der Waals surface area contributed by atoms with Crippen LogP contribution in [0.4, 0.5) is 11.4 Å². The SMILES string of the molecule is Cc1cc(C)cc(NC(N)=NCCn2cc([N+](=O)[O-])cn2)c1.I. The average Bonchev–Trinajstić information content (AvgIpc) is 2.86. The summed E-state index contributed by atoms with van der Waals surface area (Å²) in [5.74, 6) is 0.298. The zero-order valence-corrected chi connectivity index (χ0v) is 15.2. The maximum Gasteiger partial charge on any atom is 0.306 e. The first-order valence-electron chi connectivity index (χ1n) is 6.76. The molecule has 0 aliphatic carbocycles. The lowest BCUT2D eigenvalue weighted by Crippen LogP contribution is -2.23. The van der Waals surface area contributed by atoms with E-state index in [4.69, 9.17) is 5.73 Å². The molecule has 0 amide bonds. The van der Waals surface area contributed by atoms with Gasteiger partial charge < -0.3 is 11.1 Å². The highest BCUT2D eigenvalue weighted by Gasteiger charge is 2.07. The molecular formula is C14H19IN6O2. The molecular weight excluding hydrogens is 411 g/mol. The summed E-state index contributed by atoms with van der Waals surface area (Å²) in [6.07, 6.45) is 2.57. The average molecular weight is 430 g/mol. The normalized spacial score (nSPS) is 11.0. The van der Waals surface area contributed by atoms with E-state index in [1.165, 1.54) is 17.1 Å². The summed E-state index contributed by atoms with van der Waals surface area (Å²) in [6.45, 7) is 4.82.